The first-order valence-electron chi connectivity index (χ1n) is 8.37. The van der Waals surface area contributed by atoms with Crippen LogP contribution < -0.4 is 14.8 Å². The molecule has 1 atom stereocenters. The molecule has 132 valence electrons. The van der Waals surface area contributed by atoms with Crippen molar-refractivity contribution in [2.45, 2.75) is 26.4 Å². The maximum atomic E-state index is 12.5. The summed E-state index contributed by atoms with van der Waals surface area (Å²) < 4.78 is 11.2. The van der Waals surface area contributed by atoms with Gasteiger partial charge in [0.1, 0.15) is 29.2 Å². The fourth-order valence-corrected chi connectivity index (χ4v) is 2.98. The molecule has 0 saturated carbocycles. The van der Waals surface area contributed by atoms with Gasteiger partial charge >= 0.3 is 0 Å². The summed E-state index contributed by atoms with van der Waals surface area (Å²) in [7, 11) is 1.59. The number of rotatable bonds is 4. The molecule has 0 aromatic heterocycles. The number of methoxy groups -OCH3 is 1. The number of amides is 1. The van der Waals surface area contributed by atoms with Gasteiger partial charge in [-0.3, -0.25) is 4.79 Å². The van der Waals surface area contributed by atoms with Gasteiger partial charge in [-0.25, -0.2) is 0 Å². The minimum absolute atomic E-state index is 0.00473. The van der Waals surface area contributed by atoms with Gasteiger partial charge in [-0.15, -0.1) is 0 Å². The molecule has 1 aliphatic heterocycles. The van der Waals surface area contributed by atoms with Crippen molar-refractivity contribution < 1.29 is 14.3 Å². The van der Waals surface area contributed by atoms with Crippen LogP contribution in [0, 0.1) is 18.3 Å². The molecular formula is C21H20N2O3. The minimum atomic E-state index is -0.458. The molecule has 1 amide bonds. The Morgan fingerprint density at radius 2 is 2.19 bits per heavy atom. The first-order chi connectivity index (χ1) is 12.5. The molecule has 0 spiro atoms. The van der Waals surface area contributed by atoms with Crippen LogP contribution in [0.25, 0.3) is 6.08 Å². The number of carbonyl (C=O) groups is 1. The molecule has 0 radical (unpaired) electrons. The van der Waals surface area contributed by atoms with Crippen LogP contribution in [-0.2, 0) is 11.2 Å². The van der Waals surface area contributed by atoms with E-state index in [0.717, 1.165) is 17.5 Å². The molecule has 5 heteroatoms. The van der Waals surface area contributed by atoms with Crippen LogP contribution >= 0.6 is 0 Å². The number of fused-ring (bicyclic) bond motifs is 1. The molecule has 1 heterocycles. The molecule has 1 aliphatic rings. The van der Waals surface area contributed by atoms with Crippen LogP contribution in [0.15, 0.2) is 42.0 Å². The average molecular weight is 348 g/mol. The van der Waals surface area contributed by atoms with Crippen molar-refractivity contribution in [2.75, 3.05) is 12.4 Å². The third-order valence-electron chi connectivity index (χ3n) is 4.17. The van der Waals surface area contributed by atoms with Gasteiger partial charge in [0, 0.05) is 23.2 Å². The van der Waals surface area contributed by atoms with E-state index >= 15 is 0 Å². The lowest BCUT2D eigenvalue weighted by Crippen LogP contribution is -2.13. The second-order valence-corrected chi connectivity index (χ2v) is 6.33. The average Bonchev–Trinajstić information content (AvgIpc) is 2.99. The van der Waals surface area contributed by atoms with Crippen LogP contribution in [-0.4, -0.2) is 19.1 Å². The molecule has 3 rings (SSSR count). The Balaban J connectivity index is 1.93. The zero-order chi connectivity index (χ0) is 18.7. The number of hydrogen-bond acceptors (Lipinski definition) is 4. The monoisotopic (exact) mass is 348 g/mol. The zero-order valence-electron chi connectivity index (χ0n) is 15.0. The normalized spacial score (nSPS) is 15.6. The van der Waals surface area contributed by atoms with Gasteiger partial charge in [0.05, 0.1) is 7.11 Å². The summed E-state index contributed by atoms with van der Waals surface area (Å²) in [5.41, 5.74) is 3.36. The van der Waals surface area contributed by atoms with Crippen molar-refractivity contribution in [3.8, 4) is 17.6 Å². The fourth-order valence-electron chi connectivity index (χ4n) is 2.98. The van der Waals surface area contributed by atoms with Gasteiger partial charge in [0.2, 0.25) is 0 Å². The van der Waals surface area contributed by atoms with E-state index < -0.39 is 5.91 Å². The molecule has 2 aromatic carbocycles. The predicted molar refractivity (Wildman–Crippen MR) is 100 cm³/mol. The lowest BCUT2D eigenvalue weighted by atomic mass is 10.0. The van der Waals surface area contributed by atoms with Crippen LogP contribution in [0.5, 0.6) is 11.5 Å². The van der Waals surface area contributed by atoms with Gasteiger partial charge in [0.15, 0.2) is 0 Å². The Kier molecular flexibility index (Phi) is 4.94. The molecule has 0 bridgehead atoms. The lowest BCUT2D eigenvalue weighted by Gasteiger charge is -2.10. The molecule has 26 heavy (non-hydrogen) atoms. The summed E-state index contributed by atoms with van der Waals surface area (Å²) in [5.74, 6) is 0.916. The van der Waals surface area contributed by atoms with E-state index in [4.69, 9.17) is 9.47 Å². The summed E-state index contributed by atoms with van der Waals surface area (Å²) >= 11 is 0. The number of anilines is 1. The zero-order valence-corrected chi connectivity index (χ0v) is 15.0. The topological polar surface area (TPSA) is 71.3 Å². The predicted octanol–water partition coefficient (Wildman–Crippen LogP) is 3.87. The van der Waals surface area contributed by atoms with E-state index in [1.807, 2.05) is 44.2 Å². The molecule has 0 fully saturated rings. The van der Waals surface area contributed by atoms with Gasteiger partial charge < -0.3 is 14.8 Å². The summed E-state index contributed by atoms with van der Waals surface area (Å²) in [6.07, 6.45) is 2.37. The number of ether oxygens (including phenoxy) is 2. The molecular weight excluding hydrogens is 328 g/mol. The Labute approximate surface area is 152 Å². The van der Waals surface area contributed by atoms with E-state index in [1.165, 1.54) is 0 Å². The van der Waals surface area contributed by atoms with Gasteiger partial charge in [0.25, 0.3) is 5.91 Å². The van der Waals surface area contributed by atoms with Crippen molar-refractivity contribution >= 4 is 17.7 Å². The number of carbonyl (C=O) groups excluding carboxylic acids is 1. The van der Waals surface area contributed by atoms with E-state index in [9.17, 15) is 10.1 Å². The quantitative estimate of drug-likeness (QED) is 0.672. The highest BCUT2D eigenvalue weighted by Crippen LogP contribution is 2.37. The molecule has 0 aliphatic carbocycles. The van der Waals surface area contributed by atoms with Gasteiger partial charge in [-0.2, -0.15) is 5.26 Å². The minimum Gasteiger partial charge on any atom is -0.497 e. The summed E-state index contributed by atoms with van der Waals surface area (Å²) in [5, 5.41) is 12.2. The van der Waals surface area contributed by atoms with E-state index in [0.29, 0.717) is 22.7 Å². The number of aryl methyl sites for hydroxylation is 1. The molecule has 0 saturated heterocycles. The Morgan fingerprint density at radius 1 is 1.38 bits per heavy atom. The SMILES string of the molecule is COc1cc(/C=C(\C#N)C(=O)Nc2cccc(C)c2)c2c(c1)CC(C)O2. The standard InChI is InChI=1S/C21H20N2O3/c1-13-5-4-6-18(7-13)23-21(24)17(12-22)9-16-11-19(25-3)10-15-8-14(2)26-20(15)16/h4-7,9-11,14H,8H2,1-3H3,(H,23,24)/b17-9+. The first-order valence-corrected chi connectivity index (χ1v) is 8.37. The number of nitrogens with zero attached hydrogens (tertiary/aromatic N) is 1. The van der Waals surface area contributed by atoms with Crippen LogP contribution in [0.2, 0.25) is 0 Å². The lowest BCUT2D eigenvalue weighted by molar-refractivity contribution is -0.112. The maximum absolute atomic E-state index is 12.5. The highest BCUT2D eigenvalue weighted by atomic mass is 16.5. The van der Waals surface area contributed by atoms with Crippen molar-refractivity contribution in [1.82, 2.24) is 0 Å². The summed E-state index contributed by atoms with van der Waals surface area (Å²) in [6, 6.07) is 13.1. The Bertz CT molecular complexity index is 925. The highest BCUT2D eigenvalue weighted by Gasteiger charge is 2.23. The van der Waals surface area contributed by atoms with Crippen molar-refractivity contribution in [3.05, 3.63) is 58.7 Å². The second-order valence-electron chi connectivity index (χ2n) is 6.33. The number of hydrogen-bond donors (Lipinski definition) is 1. The number of benzene rings is 2. The van der Waals surface area contributed by atoms with E-state index in [1.54, 1.807) is 25.3 Å². The Hall–Kier alpha value is -3.26. The fraction of sp³-hybridized carbons (Fsp3) is 0.238. The summed E-state index contributed by atoms with van der Waals surface area (Å²) in [4.78, 5) is 12.5. The van der Waals surface area contributed by atoms with Crippen LogP contribution in [0.1, 0.15) is 23.6 Å². The van der Waals surface area contributed by atoms with Gasteiger partial charge in [-0.05, 0) is 49.8 Å². The number of nitrogens with one attached hydrogen (secondary N) is 1. The number of nitriles is 1. The third kappa shape index (κ3) is 3.70. The van der Waals surface area contributed by atoms with Crippen molar-refractivity contribution in [3.63, 3.8) is 0 Å². The largest absolute Gasteiger partial charge is 0.497 e. The molecule has 2 aromatic rings. The van der Waals surface area contributed by atoms with Crippen LogP contribution in [0.3, 0.4) is 0 Å². The summed E-state index contributed by atoms with van der Waals surface area (Å²) in [6.45, 7) is 3.92. The van der Waals surface area contributed by atoms with E-state index in [2.05, 4.69) is 5.32 Å². The van der Waals surface area contributed by atoms with E-state index in [-0.39, 0.29) is 11.7 Å². The Morgan fingerprint density at radius 3 is 2.88 bits per heavy atom. The smallest absolute Gasteiger partial charge is 0.266 e. The highest BCUT2D eigenvalue weighted by molar-refractivity contribution is 6.09. The third-order valence-corrected chi connectivity index (χ3v) is 4.17. The first kappa shape index (κ1) is 17.6. The molecule has 1 N–H and O–H groups in total. The van der Waals surface area contributed by atoms with Crippen LogP contribution in [0.4, 0.5) is 5.69 Å². The molecule has 1 unspecified atom stereocenters. The maximum Gasteiger partial charge on any atom is 0.266 e. The van der Waals surface area contributed by atoms with Crippen molar-refractivity contribution in [2.24, 2.45) is 0 Å². The van der Waals surface area contributed by atoms with Crippen molar-refractivity contribution in [1.29, 1.82) is 5.26 Å². The molecule has 5 nitrogen and oxygen atoms in total. The van der Waals surface area contributed by atoms with Gasteiger partial charge in [-0.1, -0.05) is 12.1 Å². The second kappa shape index (κ2) is 7.32.